The summed E-state index contributed by atoms with van der Waals surface area (Å²) in [7, 11) is 1.52. The van der Waals surface area contributed by atoms with Crippen LogP contribution in [0.1, 0.15) is 13.8 Å². The van der Waals surface area contributed by atoms with Crippen molar-refractivity contribution in [1.29, 1.82) is 0 Å². The summed E-state index contributed by atoms with van der Waals surface area (Å²) in [5, 5.41) is 6.42. The van der Waals surface area contributed by atoms with Gasteiger partial charge in [-0.3, -0.25) is 14.6 Å². The highest BCUT2D eigenvalue weighted by atomic mass is 16.5. The lowest BCUT2D eigenvalue weighted by Crippen LogP contribution is -2.57. The molecule has 0 bridgehead atoms. The fourth-order valence-electron chi connectivity index (χ4n) is 2.86. The van der Waals surface area contributed by atoms with E-state index in [1.807, 2.05) is 6.08 Å². The van der Waals surface area contributed by atoms with Gasteiger partial charge in [-0.05, 0) is 6.07 Å². The number of aromatic nitrogens is 3. The first-order valence-corrected chi connectivity index (χ1v) is 9.50. The molecule has 3 rings (SSSR count). The summed E-state index contributed by atoms with van der Waals surface area (Å²) < 4.78 is 5.09. The van der Waals surface area contributed by atoms with Crippen LogP contribution in [0.4, 0.5) is 5.69 Å². The molecule has 1 aliphatic heterocycles. The second-order valence-corrected chi connectivity index (χ2v) is 7.13. The van der Waals surface area contributed by atoms with Gasteiger partial charge in [-0.1, -0.05) is 19.9 Å². The fourth-order valence-corrected chi connectivity index (χ4v) is 2.86. The highest BCUT2D eigenvalue weighted by Gasteiger charge is 2.29. The summed E-state index contributed by atoms with van der Waals surface area (Å²) in [4.78, 5) is 37.1. The number of aromatic amines is 1. The van der Waals surface area contributed by atoms with Crippen LogP contribution in [0, 0.1) is 0 Å². The summed E-state index contributed by atoms with van der Waals surface area (Å²) in [6.07, 6.45) is 8.11. The van der Waals surface area contributed by atoms with Crippen LogP contribution in [0.5, 0.6) is 5.88 Å². The molecular formula is C20H26N6O3. The molecule has 0 atom stereocenters. The molecule has 3 heterocycles. The van der Waals surface area contributed by atoms with Crippen LogP contribution in [0.15, 0.2) is 41.6 Å². The third-order valence-electron chi connectivity index (χ3n) is 4.48. The van der Waals surface area contributed by atoms with E-state index in [4.69, 9.17) is 4.74 Å². The predicted molar refractivity (Wildman–Crippen MR) is 111 cm³/mol. The van der Waals surface area contributed by atoms with Crippen LogP contribution in [-0.4, -0.2) is 64.6 Å². The van der Waals surface area contributed by atoms with Gasteiger partial charge in [0.25, 0.3) is 5.56 Å². The van der Waals surface area contributed by atoms with Gasteiger partial charge in [-0.2, -0.15) is 0 Å². The number of hydrogen-bond acceptors (Lipinski definition) is 7. The van der Waals surface area contributed by atoms with Crippen LogP contribution < -0.4 is 20.9 Å². The van der Waals surface area contributed by atoms with Gasteiger partial charge in [-0.25, -0.2) is 4.98 Å². The van der Waals surface area contributed by atoms with Crippen molar-refractivity contribution in [3.63, 3.8) is 0 Å². The van der Waals surface area contributed by atoms with E-state index >= 15 is 0 Å². The largest absolute Gasteiger partial charge is 0.480 e. The van der Waals surface area contributed by atoms with Crippen molar-refractivity contribution in [3.05, 3.63) is 47.2 Å². The molecule has 3 N–H and O–H groups in total. The first-order chi connectivity index (χ1) is 14.0. The quantitative estimate of drug-likeness (QED) is 0.569. The number of H-pyrrole nitrogens is 1. The van der Waals surface area contributed by atoms with E-state index in [9.17, 15) is 9.59 Å². The molecule has 0 radical (unpaired) electrons. The highest BCUT2D eigenvalue weighted by Crippen LogP contribution is 2.20. The maximum Gasteiger partial charge on any atom is 0.271 e. The first-order valence-electron chi connectivity index (χ1n) is 9.50. The van der Waals surface area contributed by atoms with Crippen molar-refractivity contribution in [2.45, 2.75) is 25.9 Å². The summed E-state index contributed by atoms with van der Waals surface area (Å²) in [5.74, 6) is 0.371. The fraction of sp³-hybridized carbons (Fsp3) is 0.400. The van der Waals surface area contributed by atoms with Crippen molar-refractivity contribution in [3.8, 4) is 17.1 Å². The monoisotopic (exact) mass is 398 g/mol. The molecule has 154 valence electrons. The van der Waals surface area contributed by atoms with Gasteiger partial charge < -0.3 is 25.3 Å². The number of nitrogens with one attached hydrogen (secondary N) is 3. The Morgan fingerprint density at radius 3 is 2.93 bits per heavy atom. The molecule has 9 nitrogen and oxygen atoms in total. The molecule has 29 heavy (non-hydrogen) atoms. The minimum Gasteiger partial charge on any atom is -0.480 e. The van der Waals surface area contributed by atoms with E-state index in [2.05, 4.69) is 39.4 Å². The summed E-state index contributed by atoms with van der Waals surface area (Å²) in [6.45, 7) is 5.86. The van der Waals surface area contributed by atoms with Gasteiger partial charge in [0, 0.05) is 43.5 Å². The van der Waals surface area contributed by atoms with Gasteiger partial charge in [0.15, 0.2) is 0 Å². The molecule has 1 aliphatic rings. The highest BCUT2D eigenvalue weighted by molar-refractivity contribution is 5.88. The third kappa shape index (κ3) is 5.41. The molecule has 0 unspecified atom stereocenters. The number of anilines is 1. The molecule has 9 heteroatoms. The smallest absolute Gasteiger partial charge is 0.271 e. The predicted octanol–water partition coefficient (Wildman–Crippen LogP) is 1.02. The molecule has 1 saturated heterocycles. The third-order valence-corrected chi connectivity index (χ3v) is 4.48. The Bertz CT molecular complexity index is 934. The zero-order chi connectivity index (χ0) is 20.8. The number of carbonyl (C=O) groups excluding carboxylic acids is 1. The molecule has 0 spiro atoms. The van der Waals surface area contributed by atoms with Crippen molar-refractivity contribution in [2.24, 2.45) is 0 Å². The summed E-state index contributed by atoms with van der Waals surface area (Å²) >= 11 is 0. The molecule has 0 aliphatic carbocycles. The van der Waals surface area contributed by atoms with E-state index < -0.39 is 0 Å². The number of ether oxygens (including phenoxy) is 1. The Hall–Kier alpha value is -3.20. The maximum atomic E-state index is 12.2. The van der Waals surface area contributed by atoms with E-state index in [1.54, 1.807) is 29.4 Å². The number of nitrogens with zero attached hydrogens (tertiary/aromatic N) is 3. The van der Waals surface area contributed by atoms with Gasteiger partial charge in [0.2, 0.25) is 11.8 Å². The number of carbonyl (C=O) groups is 1. The summed E-state index contributed by atoms with van der Waals surface area (Å²) in [6, 6.07) is 2.13. The number of rotatable bonds is 8. The lowest BCUT2D eigenvalue weighted by Gasteiger charge is -2.39. The number of likely N-dealkylation sites (tertiary alicyclic amines) is 1. The van der Waals surface area contributed by atoms with E-state index in [0.29, 0.717) is 48.5 Å². The van der Waals surface area contributed by atoms with Crippen LogP contribution >= 0.6 is 0 Å². The van der Waals surface area contributed by atoms with Gasteiger partial charge in [0.05, 0.1) is 31.2 Å². The molecule has 1 amide bonds. The van der Waals surface area contributed by atoms with E-state index in [0.717, 1.165) is 0 Å². The van der Waals surface area contributed by atoms with Gasteiger partial charge >= 0.3 is 0 Å². The standard InChI is InChI=1S/C20H26N6O3/c1-13(2)22-6-4-5-19(27)26-11-15(12-26)24-16-7-14(8-23-20(16)28)17-9-21-10-18(25-17)29-3/h4-5,7-10,13,15,22,24H,6,11-12H2,1-3H3,(H,23,28). The second kappa shape index (κ2) is 9.33. The number of amides is 1. The second-order valence-electron chi connectivity index (χ2n) is 7.13. The minimum atomic E-state index is -0.228. The van der Waals surface area contributed by atoms with Crippen molar-refractivity contribution in [2.75, 3.05) is 32.1 Å². The van der Waals surface area contributed by atoms with Gasteiger partial charge in [0.1, 0.15) is 5.69 Å². The van der Waals surface area contributed by atoms with Crippen molar-refractivity contribution >= 4 is 11.6 Å². The minimum absolute atomic E-state index is 0.0221. The normalized spacial score (nSPS) is 14.3. The Balaban J connectivity index is 1.58. The van der Waals surface area contributed by atoms with Crippen LogP contribution in [0.3, 0.4) is 0 Å². The lowest BCUT2D eigenvalue weighted by molar-refractivity contribution is -0.129. The summed E-state index contributed by atoms with van der Waals surface area (Å²) in [5.41, 5.74) is 1.51. The lowest BCUT2D eigenvalue weighted by atomic mass is 10.1. The number of methoxy groups -OCH3 is 1. The Morgan fingerprint density at radius 2 is 2.21 bits per heavy atom. The van der Waals surface area contributed by atoms with Crippen molar-refractivity contribution < 1.29 is 9.53 Å². The average Bonchev–Trinajstić information content (AvgIpc) is 2.68. The zero-order valence-electron chi connectivity index (χ0n) is 16.8. The SMILES string of the molecule is COc1cncc(-c2c[nH]c(=O)c(NC3CN(C(=O)C=CCNC(C)C)C3)c2)n1. The molecule has 0 aromatic carbocycles. The van der Waals surface area contributed by atoms with Gasteiger partial charge in [-0.15, -0.1) is 0 Å². The number of hydrogen-bond donors (Lipinski definition) is 3. The zero-order valence-corrected chi connectivity index (χ0v) is 16.8. The first kappa shape index (κ1) is 20.5. The molecule has 2 aromatic heterocycles. The molecular weight excluding hydrogens is 372 g/mol. The molecule has 2 aromatic rings. The van der Waals surface area contributed by atoms with Crippen LogP contribution in [-0.2, 0) is 4.79 Å². The molecule has 1 fully saturated rings. The van der Waals surface area contributed by atoms with Crippen LogP contribution in [0.25, 0.3) is 11.3 Å². The average molecular weight is 398 g/mol. The number of pyridine rings is 1. The Labute approximate surface area is 169 Å². The molecule has 0 saturated carbocycles. The topological polar surface area (TPSA) is 112 Å². The van der Waals surface area contributed by atoms with E-state index in [1.165, 1.54) is 13.3 Å². The Morgan fingerprint density at radius 1 is 1.41 bits per heavy atom. The maximum absolute atomic E-state index is 12.2. The van der Waals surface area contributed by atoms with E-state index in [-0.39, 0.29) is 17.5 Å². The van der Waals surface area contributed by atoms with Crippen molar-refractivity contribution in [1.82, 2.24) is 25.2 Å². The Kier molecular flexibility index (Phi) is 6.61. The van der Waals surface area contributed by atoms with Crippen LogP contribution in [0.2, 0.25) is 0 Å².